The van der Waals surface area contributed by atoms with Crippen molar-refractivity contribution in [1.29, 1.82) is 0 Å². The van der Waals surface area contributed by atoms with Crippen molar-refractivity contribution in [2.24, 2.45) is 0 Å². The number of amides is 2. The van der Waals surface area contributed by atoms with Crippen molar-refractivity contribution in [3.8, 4) is 0 Å². The van der Waals surface area contributed by atoms with Crippen LogP contribution >= 0.6 is 23.2 Å². The number of nitrogens with one attached hydrogen (secondary N) is 1. The second-order valence-corrected chi connectivity index (χ2v) is 7.28. The zero-order chi connectivity index (χ0) is 17.3. The molecule has 1 N–H and O–H groups in total. The lowest BCUT2D eigenvalue weighted by Crippen LogP contribution is -2.50. The molecule has 0 aliphatic carbocycles. The molecule has 2 amide bonds. The van der Waals surface area contributed by atoms with Crippen LogP contribution in [0.1, 0.15) is 29.6 Å². The maximum Gasteiger partial charge on any atom is 0.254 e. The molecule has 1 aromatic rings. The molecule has 0 bridgehead atoms. The normalized spacial score (nSPS) is 23.5. The highest BCUT2D eigenvalue weighted by molar-refractivity contribution is 6.35. The zero-order valence-electron chi connectivity index (χ0n) is 13.6. The summed E-state index contributed by atoms with van der Waals surface area (Å²) in [4.78, 5) is 29.1. The Morgan fingerprint density at radius 2 is 1.92 bits per heavy atom. The van der Waals surface area contributed by atoms with Crippen LogP contribution in [0, 0.1) is 0 Å². The molecule has 2 saturated heterocycles. The standard InChI is InChI=1S/C17H21Cl2N3O2/c1-21(14-4-5-20-10-14)17(24)15-3-2-6-22(15)16(23)11-7-12(18)9-13(19)8-11/h7-9,14-15,20H,2-6,10H2,1H3. The lowest BCUT2D eigenvalue weighted by molar-refractivity contribution is -0.135. The fourth-order valence-corrected chi connectivity index (χ4v) is 4.02. The number of likely N-dealkylation sites (N-methyl/N-ethyl adjacent to an activating group) is 1. The van der Waals surface area contributed by atoms with E-state index in [1.54, 1.807) is 28.0 Å². The summed E-state index contributed by atoms with van der Waals surface area (Å²) in [5.41, 5.74) is 0.428. The van der Waals surface area contributed by atoms with Crippen LogP contribution < -0.4 is 5.32 Å². The van der Waals surface area contributed by atoms with Gasteiger partial charge in [0.2, 0.25) is 5.91 Å². The van der Waals surface area contributed by atoms with E-state index in [4.69, 9.17) is 23.2 Å². The van der Waals surface area contributed by atoms with E-state index in [1.807, 2.05) is 7.05 Å². The third-order valence-electron chi connectivity index (χ3n) is 4.84. The second kappa shape index (κ2) is 7.30. The molecule has 1 aromatic carbocycles. The molecule has 2 fully saturated rings. The number of hydrogen-bond acceptors (Lipinski definition) is 3. The largest absolute Gasteiger partial charge is 0.340 e. The molecule has 7 heteroatoms. The number of carbonyl (C=O) groups excluding carboxylic acids is 2. The van der Waals surface area contributed by atoms with Gasteiger partial charge in [0.05, 0.1) is 0 Å². The average Bonchev–Trinajstić information content (AvgIpc) is 3.23. The summed E-state index contributed by atoms with van der Waals surface area (Å²) in [7, 11) is 1.83. The van der Waals surface area contributed by atoms with Crippen molar-refractivity contribution in [3.05, 3.63) is 33.8 Å². The van der Waals surface area contributed by atoms with Crippen molar-refractivity contribution < 1.29 is 9.59 Å². The van der Waals surface area contributed by atoms with E-state index in [-0.39, 0.29) is 17.9 Å². The summed E-state index contributed by atoms with van der Waals surface area (Å²) < 4.78 is 0. The van der Waals surface area contributed by atoms with Gasteiger partial charge in [-0.05, 0) is 44.0 Å². The Morgan fingerprint density at radius 3 is 2.54 bits per heavy atom. The highest BCUT2D eigenvalue weighted by Crippen LogP contribution is 2.26. The topological polar surface area (TPSA) is 52.7 Å². The molecule has 2 unspecified atom stereocenters. The van der Waals surface area contributed by atoms with Crippen molar-refractivity contribution in [2.75, 3.05) is 26.7 Å². The van der Waals surface area contributed by atoms with Crippen LogP contribution in [0.25, 0.3) is 0 Å². The summed E-state index contributed by atoms with van der Waals surface area (Å²) >= 11 is 12.0. The van der Waals surface area contributed by atoms with Gasteiger partial charge in [-0.1, -0.05) is 23.2 Å². The number of carbonyl (C=O) groups is 2. The molecule has 3 rings (SSSR count). The number of benzene rings is 1. The lowest BCUT2D eigenvalue weighted by atomic mass is 10.1. The number of nitrogens with zero attached hydrogens (tertiary/aromatic N) is 2. The molecule has 2 aliphatic rings. The Hall–Kier alpha value is -1.30. The van der Waals surface area contributed by atoms with Crippen LogP contribution in [0.15, 0.2) is 18.2 Å². The van der Waals surface area contributed by atoms with Gasteiger partial charge < -0.3 is 15.1 Å². The highest BCUT2D eigenvalue weighted by Gasteiger charge is 2.38. The van der Waals surface area contributed by atoms with Crippen LogP contribution in [0.4, 0.5) is 0 Å². The third-order valence-corrected chi connectivity index (χ3v) is 5.27. The predicted octanol–water partition coefficient (Wildman–Crippen LogP) is 2.42. The van der Waals surface area contributed by atoms with Gasteiger partial charge in [0.15, 0.2) is 0 Å². The third kappa shape index (κ3) is 3.53. The first-order valence-corrected chi connectivity index (χ1v) is 8.97. The molecule has 2 heterocycles. The highest BCUT2D eigenvalue weighted by atomic mass is 35.5. The van der Waals surface area contributed by atoms with Crippen LogP contribution in [0.3, 0.4) is 0 Å². The van der Waals surface area contributed by atoms with Crippen LogP contribution in [-0.4, -0.2) is 60.4 Å². The van der Waals surface area contributed by atoms with Crippen LogP contribution in [0.2, 0.25) is 10.0 Å². The molecular weight excluding hydrogens is 349 g/mol. The minimum absolute atomic E-state index is 0.0164. The van der Waals surface area contributed by atoms with E-state index in [0.717, 1.165) is 25.9 Å². The van der Waals surface area contributed by atoms with E-state index >= 15 is 0 Å². The SMILES string of the molecule is CN(C(=O)C1CCCN1C(=O)c1cc(Cl)cc(Cl)c1)C1CCNC1. The van der Waals surface area contributed by atoms with Gasteiger partial charge in [-0.3, -0.25) is 9.59 Å². The number of halogens is 2. The maximum absolute atomic E-state index is 12.9. The summed E-state index contributed by atoms with van der Waals surface area (Å²) in [6.45, 7) is 2.32. The first-order chi connectivity index (χ1) is 11.5. The fourth-order valence-electron chi connectivity index (χ4n) is 3.49. The van der Waals surface area contributed by atoms with E-state index in [2.05, 4.69) is 5.32 Å². The summed E-state index contributed by atoms with van der Waals surface area (Å²) in [5.74, 6) is -0.170. The Balaban J connectivity index is 1.76. The summed E-state index contributed by atoms with van der Waals surface area (Å²) in [6.07, 6.45) is 2.48. The minimum Gasteiger partial charge on any atom is -0.340 e. The molecular formula is C17H21Cl2N3O2. The molecule has 0 radical (unpaired) electrons. The van der Waals surface area contributed by atoms with E-state index in [1.165, 1.54) is 0 Å². The molecule has 2 atom stereocenters. The monoisotopic (exact) mass is 369 g/mol. The summed E-state index contributed by atoms with van der Waals surface area (Å²) in [6, 6.07) is 4.59. The second-order valence-electron chi connectivity index (χ2n) is 6.41. The number of hydrogen-bond donors (Lipinski definition) is 1. The Morgan fingerprint density at radius 1 is 1.21 bits per heavy atom. The number of likely N-dealkylation sites (tertiary alicyclic amines) is 1. The molecule has 0 saturated carbocycles. The first-order valence-electron chi connectivity index (χ1n) is 8.22. The quantitative estimate of drug-likeness (QED) is 0.889. The van der Waals surface area contributed by atoms with Crippen LogP contribution in [0.5, 0.6) is 0 Å². The van der Waals surface area contributed by atoms with Crippen molar-refractivity contribution in [3.63, 3.8) is 0 Å². The predicted molar refractivity (Wildman–Crippen MR) is 94.6 cm³/mol. The Labute approximate surface area is 151 Å². The van der Waals surface area contributed by atoms with Gasteiger partial charge in [-0.15, -0.1) is 0 Å². The molecule has 130 valence electrons. The van der Waals surface area contributed by atoms with Gasteiger partial charge in [0.1, 0.15) is 6.04 Å². The van der Waals surface area contributed by atoms with Crippen molar-refractivity contribution >= 4 is 35.0 Å². The van der Waals surface area contributed by atoms with Gasteiger partial charge in [0, 0.05) is 41.8 Å². The molecule has 5 nitrogen and oxygen atoms in total. The smallest absolute Gasteiger partial charge is 0.254 e. The average molecular weight is 370 g/mol. The van der Waals surface area contributed by atoms with Gasteiger partial charge >= 0.3 is 0 Å². The Kier molecular flexibility index (Phi) is 5.33. The van der Waals surface area contributed by atoms with E-state index in [9.17, 15) is 9.59 Å². The fraction of sp³-hybridized carbons (Fsp3) is 0.529. The summed E-state index contributed by atoms with van der Waals surface area (Å²) in [5, 5.41) is 4.10. The minimum atomic E-state index is -0.402. The first kappa shape index (κ1) is 17.5. The van der Waals surface area contributed by atoms with Crippen molar-refractivity contribution in [2.45, 2.75) is 31.3 Å². The maximum atomic E-state index is 12.9. The van der Waals surface area contributed by atoms with Gasteiger partial charge in [-0.25, -0.2) is 0 Å². The molecule has 24 heavy (non-hydrogen) atoms. The molecule has 2 aliphatic heterocycles. The zero-order valence-corrected chi connectivity index (χ0v) is 15.1. The van der Waals surface area contributed by atoms with E-state index < -0.39 is 6.04 Å². The van der Waals surface area contributed by atoms with Gasteiger partial charge in [0.25, 0.3) is 5.91 Å². The van der Waals surface area contributed by atoms with E-state index in [0.29, 0.717) is 28.6 Å². The van der Waals surface area contributed by atoms with Gasteiger partial charge in [-0.2, -0.15) is 0 Å². The van der Waals surface area contributed by atoms with Crippen LogP contribution in [-0.2, 0) is 4.79 Å². The molecule has 0 aromatic heterocycles. The lowest BCUT2D eigenvalue weighted by Gasteiger charge is -2.31. The van der Waals surface area contributed by atoms with Crippen molar-refractivity contribution in [1.82, 2.24) is 15.1 Å². The number of rotatable bonds is 3. The molecule has 0 spiro atoms. The Bertz CT molecular complexity index is 626.